The van der Waals surface area contributed by atoms with Crippen molar-refractivity contribution in [3.05, 3.63) is 54.4 Å². The number of piperazine rings is 1. The van der Waals surface area contributed by atoms with Crippen molar-refractivity contribution in [2.75, 3.05) is 37.7 Å². The van der Waals surface area contributed by atoms with Crippen molar-refractivity contribution in [1.82, 2.24) is 14.9 Å². The average Bonchev–Trinajstić information content (AvgIpc) is 3.08. The van der Waals surface area contributed by atoms with E-state index in [0.717, 1.165) is 48.8 Å². The molecule has 1 saturated heterocycles. The first-order valence-corrected chi connectivity index (χ1v) is 9.36. The number of aryl methyl sites for hydroxylation is 1. The maximum Gasteiger partial charge on any atom is 0.226 e. The fourth-order valence-corrected chi connectivity index (χ4v) is 3.47. The fourth-order valence-electron chi connectivity index (χ4n) is 3.47. The number of H-pyrrole nitrogens is 1. The van der Waals surface area contributed by atoms with E-state index in [0.29, 0.717) is 13.0 Å². The van der Waals surface area contributed by atoms with Crippen molar-refractivity contribution >= 4 is 22.6 Å². The first-order valence-electron chi connectivity index (χ1n) is 9.36. The van der Waals surface area contributed by atoms with Gasteiger partial charge in [-0.05, 0) is 37.3 Å². The Morgan fingerprint density at radius 1 is 1.11 bits per heavy atom. The summed E-state index contributed by atoms with van der Waals surface area (Å²) in [5.74, 6) is 1.89. The lowest BCUT2D eigenvalue weighted by molar-refractivity contribution is -0.132. The van der Waals surface area contributed by atoms with Gasteiger partial charge in [-0.15, -0.1) is 0 Å². The predicted molar refractivity (Wildman–Crippen MR) is 106 cm³/mol. The van der Waals surface area contributed by atoms with Crippen LogP contribution in [0, 0.1) is 6.92 Å². The van der Waals surface area contributed by atoms with Gasteiger partial charge in [0.1, 0.15) is 11.6 Å². The molecule has 27 heavy (non-hydrogen) atoms. The third-order valence-electron chi connectivity index (χ3n) is 4.91. The summed E-state index contributed by atoms with van der Waals surface area (Å²) >= 11 is 0. The van der Waals surface area contributed by atoms with Crippen molar-refractivity contribution < 1.29 is 9.53 Å². The summed E-state index contributed by atoms with van der Waals surface area (Å²) in [4.78, 5) is 24.4. The second-order valence-corrected chi connectivity index (χ2v) is 6.80. The van der Waals surface area contributed by atoms with Gasteiger partial charge in [0.05, 0.1) is 24.1 Å². The van der Waals surface area contributed by atoms with Gasteiger partial charge in [0, 0.05) is 31.9 Å². The number of carbonyl (C=O) groups is 1. The second-order valence-electron chi connectivity index (χ2n) is 6.80. The van der Waals surface area contributed by atoms with E-state index in [4.69, 9.17) is 4.74 Å². The van der Waals surface area contributed by atoms with Crippen molar-refractivity contribution in [2.45, 2.75) is 13.3 Å². The number of ether oxygens (including phenoxy) is 1. The minimum atomic E-state index is 0.158. The lowest BCUT2D eigenvalue weighted by Gasteiger charge is -2.36. The zero-order valence-electron chi connectivity index (χ0n) is 15.5. The average molecular weight is 364 g/mol. The molecule has 3 aromatic rings. The Morgan fingerprint density at radius 3 is 2.67 bits per heavy atom. The number of hydrogen-bond acceptors (Lipinski definition) is 4. The Kier molecular flexibility index (Phi) is 4.96. The zero-order valence-corrected chi connectivity index (χ0v) is 15.5. The molecule has 1 N–H and O–H groups in total. The molecule has 6 nitrogen and oxygen atoms in total. The molecule has 0 radical (unpaired) electrons. The number of nitrogens with zero attached hydrogens (tertiary/aromatic N) is 3. The summed E-state index contributed by atoms with van der Waals surface area (Å²) < 4.78 is 5.63. The largest absolute Gasteiger partial charge is 0.493 e. The zero-order chi connectivity index (χ0) is 18.6. The van der Waals surface area contributed by atoms with Crippen LogP contribution in [0.15, 0.2) is 48.5 Å². The standard InChI is InChI=1S/C21H24N4O2/c1-16-22-19-8-7-17(15-20(19)23-16)24-10-12-25(13-11-24)21(26)9-14-27-18-5-3-2-4-6-18/h2-8,15H,9-14H2,1H3,(H,22,23). The summed E-state index contributed by atoms with van der Waals surface area (Å²) in [6.45, 7) is 5.53. The van der Waals surface area contributed by atoms with Crippen LogP contribution < -0.4 is 9.64 Å². The summed E-state index contributed by atoms with van der Waals surface area (Å²) in [6.07, 6.45) is 0.411. The monoisotopic (exact) mass is 364 g/mol. The molecule has 0 unspecified atom stereocenters. The number of aromatic amines is 1. The number of aromatic nitrogens is 2. The second kappa shape index (κ2) is 7.70. The van der Waals surface area contributed by atoms with E-state index in [1.807, 2.05) is 48.2 Å². The van der Waals surface area contributed by atoms with Gasteiger partial charge in [-0.3, -0.25) is 4.79 Å². The summed E-state index contributed by atoms with van der Waals surface area (Å²) in [6, 6.07) is 15.9. The maximum atomic E-state index is 12.4. The molecule has 1 aromatic heterocycles. The molecule has 2 heterocycles. The summed E-state index contributed by atoms with van der Waals surface area (Å²) in [5.41, 5.74) is 3.22. The number of rotatable bonds is 5. The predicted octanol–water partition coefficient (Wildman–Crippen LogP) is 2.99. The van der Waals surface area contributed by atoms with E-state index in [1.54, 1.807) is 0 Å². The molecule has 1 aliphatic heterocycles. The molecule has 2 aromatic carbocycles. The van der Waals surface area contributed by atoms with Crippen LogP contribution in [-0.4, -0.2) is 53.6 Å². The molecule has 0 atom stereocenters. The van der Waals surface area contributed by atoms with Crippen LogP contribution in [0.4, 0.5) is 5.69 Å². The van der Waals surface area contributed by atoms with Gasteiger partial charge in [0.25, 0.3) is 0 Å². The number of hydrogen-bond donors (Lipinski definition) is 1. The molecule has 1 amide bonds. The van der Waals surface area contributed by atoms with Crippen LogP contribution in [0.2, 0.25) is 0 Å². The highest BCUT2D eigenvalue weighted by Crippen LogP contribution is 2.22. The molecule has 1 aliphatic rings. The van der Waals surface area contributed by atoms with Crippen molar-refractivity contribution in [3.63, 3.8) is 0 Å². The molecule has 6 heteroatoms. The quantitative estimate of drug-likeness (QED) is 0.756. The van der Waals surface area contributed by atoms with Crippen molar-refractivity contribution in [1.29, 1.82) is 0 Å². The van der Waals surface area contributed by atoms with E-state index in [9.17, 15) is 4.79 Å². The number of carbonyl (C=O) groups excluding carboxylic acids is 1. The first-order chi connectivity index (χ1) is 13.2. The number of fused-ring (bicyclic) bond motifs is 1. The molecule has 0 aliphatic carbocycles. The Hall–Kier alpha value is -3.02. The lowest BCUT2D eigenvalue weighted by Crippen LogP contribution is -2.49. The molecule has 4 rings (SSSR count). The minimum absolute atomic E-state index is 0.158. The van der Waals surface area contributed by atoms with E-state index < -0.39 is 0 Å². The SMILES string of the molecule is Cc1nc2ccc(N3CCN(C(=O)CCOc4ccccc4)CC3)cc2[nH]1. The van der Waals surface area contributed by atoms with Crippen molar-refractivity contribution in [3.8, 4) is 5.75 Å². The number of amides is 1. The molecular weight excluding hydrogens is 340 g/mol. The van der Waals surface area contributed by atoms with Gasteiger partial charge in [-0.25, -0.2) is 4.98 Å². The molecule has 0 saturated carbocycles. The van der Waals surface area contributed by atoms with Crippen LogP contribution in [0.3, 0.4) is 0 Å². The number of anilines is 1. The number of nitrogens with one attached hydrogen (secondary N) is 1. The molecule has 140 valence electrons. The Morgan fingerprint density at radius 2 is 1.89 bits per heavy atom. The normalized spacial score (nSPS) is 14.6. The number of para-hydroxylation sites is 1. The smallest absolute Gasteiger partial charge is 0.226 e. The molecule has 0 bridgehead atoms. The maximum absolute atomic E-state index is 12.4. The summed E-state index contributed by atoms with van der Waals surface area (Å²) in [5, 5.41) is 0. The Balaban J connectivity index is 1.28. The highest BCUT2D eigenvalue weighted by molar-refractivity contribution is 5.80. The number of imidazole rings is 1. The molecule has 1 fully saturated rings. The van der Waals surface area contributed by atoms with Gasteiger partial charge < -0.3 is 19.5 Å². The van der Waals surface area contributed by atoms with Crippen LogP contribution >= 0.6 is 0 Å². The molecular formula is C21H24N4O2. The fraction of sp³-hybridized carbons (Fsp3) is 0.333. The third-order valence-corrected chi connectivity index (χ3v) is 4.91. The van der Waals surface area contributed by atoms with Gasteiger partial charge in [0.15, 0.2) is 0 Å². The lowest BCUT2D eigenvalue weighted by atomic mass is 10.2. The summed E-state index contributed by atoms with van der Waals surface area (Å²) in [7, 11) is 0. The van der Waals surface area contributed by atoms with Crippen LogP contribution in [0.25, 0.3) is 11.0 Å². The molecule has 0 spiro atoms. The van der Waals surface area contributed by atoms with E-state index in [2.05, 4.69) is 27.0 Å². The van der Waals surface area contributed by atoms with Crippen LogP contribution in [0.1, 0.15) is 12.2 Å². The highest BCUT2D eigenvalue weighted by Gasteiger charge is 2.21. The topological polar surface area (TPSA) is 61.5 Å². The third kappa shape index (κ3) is 4.05. The van der Waals surface area contributed by atoms with Gasteiger partial charge in [0.2, 0.25) is 5.91 Å². The van der Waals surface area contributed by atoms with Gasteiger partial charge in [-0.2, -0.15) is 0 Å². The first kappa shape index (κ1) is 17.4. The van der Waals surface area contributed by atoms with Crippen LogP contribution in [-0.2, 0) is 4.79 Å². The minimum Gasteiger partial charge on any atom is -0.493 e. The van der Waals surface area contributed by atoms with E-state index >= 15 is 0 Å². The van der Waals surface area contributed by atoms with Gasteiger partial charge in [-0.1, -0.05) is 18.2 Å². The number of benzene rings is 2. The van der Waals surface area contributed by atoms with E-state index in [1.165, 1.54) is 5.69 Å². The van der Waals surface area contributed by atoms with Gasteiger partial charge >= 0.3 is 0 Å². The Labute approximate surface area is 158 Å². The van der Waals surface area contributed by atoms with E-state index in [-0.39, 0.29) is 5.91 Å². The Bertz CT molecular complexity index is 914. The van der Waals surface area contributed by atoms with Crippen LogP contribution in [0.5, 0.6) is 5.75 Å². The van der Waals surface area contributed by atoms with Crippen molar-refractivity contribution in [2.24, 2.45) is 0 Å². The highest BCUT2D eigenvalue weighted by atomic mass is 16.5.